The molecule has 8 nitrogen and oxygen atoms in total. The molecule has 1 N–H and O–H groups in total. The Bertz CT molecular complexity index is 1090. The monoisotopic (exact) mass is 400 g/mol. The Morgan fingerprint density at radius 1 is 1.19 bits per heavy atom. The normalized spacial score (nSPS) is 12.4. The van der Waals surface area contributed by atoms with E-state index in [9.17, 15) is 21.6 Å². The highest BCUT2D eigenvalue weighted by molar-refractivity contribution is 7.92. The average Bonchev–Trinajstić information content (AvgIpc) is 3.15. The standard InChI is InChI=1S/C15H15F3N6O2S/c1-9-14(10(2)23(3)21-9)27(25,26)22-12-6-11(15(16,17)18)4-5-13(12)24-8-19-7-20-24/h4-8,22H,1-3H3. The first kappa shape index (κ1) is 18.9. The van der Waals surface area contributed by atoms with Gasteiger partial charge in [0.15, 0.2) is 0 Å². The maximum absolute atomic E-state index is 13.1. The van der Waals surface area contributed by atoms with Crippen molar-refractivity contribution in [2.45, 2.75) is 24.9 Å². The largest absolute Gasteiger partial charge is 0.416 e. The van der Waals surface area contributed by atoms with Gasteiger partial charge in [-0.3, -0.25) is 9.40 Å². The molecule has 0 aliphatic carbocycles. The zero-order chi connectivity index (χ0) is 20.0. The number of benzene rings is 1. The van der Waals surface area contributed by atoms with Crippen LogP contribution in [-0.4, -0.2) is 33.0 Å². The molecule has 2 aromatic heterocycles. The molecule has 0 unspecified atom stereocenters. The third-order valence-electron chi connectivity index (χ3n) is 3.95. The van der Waals surface area contributed by atoms with Gasteiger partial charge in [0.25, 0.3) is 10.0 Å². The van der Waals surface area contributed by atoms with Crippen molar-refractivity contribution in [1.29, 1.82) is 0 Å². The lowest BCUT2D eigenvalue weighted by atomic mass is 10.1. The molecule has 0 radical (unpaired) electrons. The molecule has 3 aromatic rings. The van der Waals surface area contributed by atoms with Crippen molar-refractivity contribution >= 4 is 15.7 Å². The predicted octanol–water partition coefficient (Wildman–Crippen LogP) is 2.44. The lowest BCUT2D eigenvalue weighted by molar-refractivity contribution is -0.137. The van der Waals surface area contributed by atoms with Gasteiger partial charge >= 0.3 is 6.18 Å². The third kappa shape index (κ3) is 3.52. The van der Waals surface area contributed by atoms with E-state index in [1.54, 1.807) is 14.0 Å². The first-order valence-electron chi connectivity index (χ1n) is 7.60. The number of nitrogens with zero attached hydrogens (tertiary/aromatic N) is 5. The van der Waals surface area contributed by atoms with Crippen LogP contribution in [-0.2, 0) is 23.2 Å². The van der Waals surface area contributed by atoms with Crippen LogP contribution in [0.25, 0.3) is 5.69 Å². The Morgan fingerprint density at radius 3 is 2.41 bits per heavy atom. The van der Waals surface area contributed by atoms with E-state index in [4.69, 9.17) is 0 Å². The van der Waals surface area contributed by atoms with E-state index < -0.39 is 21.8 Å². The minimum atomic E-state index is -4.64. The maximum atomic E-state index is 13.1. The van der Waals surface area contributed by atoms with Crippen LogP contribution in [0, 0.1) is 13.8 Å². The highest BCUT2D eigenvalue weighted by Crippen LogP contribution is 2.34. The molecule has 0 atom stereocenters. The number of alkyl halides is 3. The van der Waals surface area contributed by atoms with Crippen LogP contribution < -0.4 is 4.72 Å². The van der Waals surface area contributed by atoms with Crippen LogP contribution in [0.15, 0.2) is 35.7 Å². The Balaban J connectivity index is 2.14. The summed E-state index contributed by atoms with van der Waals surface area (Å²) in [6, 6.07) is 2.68. The number of nitrogens with one attached hydrogen (secondary N) is 1. The molecule has 2 heterocycles. The fraction of sp³-hybridized carbons (Fsp3) is 0.267. The van der Waals surface area contributed by atoms with Crippen LogP contribution in [0.5, 0.6) is 0 Å². The summed E-state index contributed by atoms with van der Waals surface area (Å²) in [5.74, 6) is 0. The van der Waals surface area contributed by atoms with Crippen LogP contribution >= 0.6 is 0 Å². The van der Waals surface area contributed by atoms with Gasteiger partial charge in [0.05, 0.1) is 28.3 Å². The zero-order valence-corrected chi connectivity index (χ0v) is 15.3. The predicted molar refractivity (Wildman–Crippen MR) is 89.9 cm³/mol. The van der Waals surface area contributed by atoms with Crippen molar-refractivity contribution in [2.75, 3.05) is 4.72 Å². The number of rotatable bonds is 4. The first-order chi connectivity index (χ1) is 12.5. The van der Waals surface area contributed by atoms with E-state index in [1.165, 1.54) is 28.9 Å². The molecular weight excluding hydrogens is 385 g/mol. The number of aromatic nitrogens is 5. The van der Waals surface area contributed by atoms with Crippen molar-refractivity contribution < 1.29 is 21.6 Å². The Hall–Kier alpha value is -2.89. The van der Waals surface area contributed by atoms with Gasteiger partial charge in [0.2, 0.25) is 0 Å². The van der Waals surface area contributed by atoms with E-state index >= 15 is 0 Å². The molecule has 1 aromatic carbocycles. The summed E-state index contributed by atoms with van der Waals surface area (Å²) in [6.45, 7) is 3.06. The molecule has 0 fully saturated rings. The molecule has 0 bridgehead atoms. The first-order valence-corrected chi connectivity index (χ1v) is 9.08. The Labute approximate surface area is 152 Å². The van der Waals surface area contributed by atoms with Gasteiger partial charge in [0.1, 0.15) is 17.6 Å². The maximum Gasteiger partial charge on any atom is 0.416 e. The number of halogens is 3. The van der Waals surface area contributed by atoms with E-state index in [0.717, 1.165) is 18.2 Å². The van der Waals surface area contributed by atoms with Gasteiger partial charge in [-0.2, -0.15) is 23.4 Å². The summed E-state index contributed by atoms with van der Waals surface area (Å²) in [5, 5.41) is 7.89. The fourth-order valence-corrected chi connectivity index (χ4v) is 4.17. The quantitative estimate of drug-likeness (QED) is 0.726. The molecule has 0 saturated heterocycles. The second-order valence-corrected chi connectivity index (χ2v) is 7.42. The second kappa shape index (κ2) is 6.37. The van der Waals surface area contributed by atoms with E-state index in [2.05, 4.69) is 19.9 Å². The second-order valence-electron chi connectivity index (χ2n) is 5.80. The van der Waals surface area contributed by atoms with Gasteiger partial charge < -0.3 is 0 Å². The minimum Gasteiger partial charge on any atom is -0.277 e. The van der Waals surface area contributed by atoms with Gasteiger partial charge in [-0.05, 0) is 32.0 Å². The summed E-state index contributed by atoms with van der Waals surface area (Å²) in [7, 11) is -2.62. The molecular formula is C15H15F3N6O2S. The van der Waals surface area contributed by atoms with Gasteiger partial charge in [-0.15, -0.1) is 0 Å². The highest BCUT2D eigenvalue weighted by Gasteiger charge is 2.32. The van der Waals surface area contributed by atoms with Crippen molar-refractivity contribution in [2.24, 2.45) is 7.05 Å². The summed E-state index contributed by atoms with van der Waals surface area (Å²) in [4.78, 5) is 3.65. The van der Waals surface area contributed by atoms with Crippen LogP contribution in [0.3, 0.4) is 0 Å². The molecule has 0 aliphatic rings. The smallest absolute Gasteiger partial charge is 0.277 e. The molecule has 0 aliphatic heterocycles. The van der Waals surface area contributed by atoms with Crippen molar-refractivity contribution in [3.05, 3.63) is 47.8 Å². The molecule has 3 rings (SSSR count). The van der Waals surface area contributed by atoms with E-state index in [0.29, 0.717) is 5.69 Å². The number of hydrogen-bond acceptors (Lipinski definition) is 5. The van der Waals surface area contributed by atoms with Crippen molar-refractivity contribution in [3.8, 4) is 5.69 Å². The lowest BCUT2D eigenvalue weighted by Crippen LogP contribution is -2.17. The zero-order valence-electron chi connectivity index (χ0n) is 14.5. The van der Waals surface area contributed by atoms with Crippen LogP contribution in [0.1, 0.15) is 17.0 Å². The van der Waals surface area contributed by atoms with Gasteiger partial charge in [-0.25, -0.2) is 18.1 Å². The molecule has 144 valence electrons. The van der Waals surface area contributed by atoms with Crippen molar-refractivity contribution in [3.63, 3.8) is 0 Å². The van der Waals surface area contributed by atoms with E-state index in [-0.39, 0.29) is 22.0 Å². The fourth-order valence-electron chi connectivity index (χ4n) is 2.67. The Kier molecular flexibility index (Phi) is 4.46. The minimum absolute atomic E-state index is 0.0908. The molecule has 27 heavy (non-hydrogen) atoms. The molecule has 12 heteroatoms. The summed E-state index contributed by atoms with van der Waals surface area (Å²) >= 11 is 0. The molecule has 0 spiro atoms. The summed E-state index contributed by atoms with van der Waals surface area (Å²) in [6.07, 6.45) is -2.20. The number of sulfonamides is 1. The highest BCUT2D eigenvalue weighted by atomic mass is 32.2. The number of anilines is 1. The lowest BCUT2D eigenvalue weighted by Gasteiger charge is -2.15. The SMILES string of the molecule is Cc1nn(C)c(C)c1S(=O)(=O)Nc1cc(C(F)(F)F)ccc1-n1cncn1. The van der Waals surface area contributed by atoms with E-state index in [1.807, 2.05) is 0 Å². The van der Waals surface area contributed by atoms with Crippen LogP contribution in [0.2, 0.25) is 0 Å². The molecule has 0 saturated carbocycles. The summed E-state index contributed by atoms with van der Waals surface area (Å²) in [5.41, 5.74) is -0.587. The van der Waals surface area contributed by atoms with Gasteiger partial charge in [0, 0.05) is 7.05 Å². The average molecular weight is 400 g/mol. The number of aryl methyl sites for hydroxylation is 2. The third-order valence-corrected chi connectivity index (χ3v) is 5.56. The van der Waals surface area contributed by atoms with Gasteiger partial charge in [-0.1, -0.05) is 0 Å². The van der Waals surface area contributed by atoms with Crippen LogP contribution in [0.4, 0.5) is 18.9 Å². The topological polar surface area (TPSA) is 94.7 Å². The van der Waals surface area contributed by atoms with Crippen molar-refractivity contribution in [1.82, 2.24) is 24.5 Å². The molecule has 0 amide bonds. The Morgan fingerprint density at radius 2 is 1.89 bits per heavy atom. The summed E-state index contributed by atoms with van der Waals surface area (Å²) < 4.78 is 69.8. The number of hydrogen-bond donors (Lipinski definition) is 1.